The van der Waals surface area contributed by atoms with E-state index in [2.05, 4.69) is 149 Å². The van der Waals surface area contributed by atoms with E-state index in [9.17, 15) is 0 Å². The van der Waals surface area contributed by atoms with Crippen molar-refractivity contribution in [3.8, 4) is 11.4 Å². The Morgan fingerprint density at radius 1 is 0.743 bits per heavy atom. The van der Waals surface area contributed by atoms with Gasteiger partial charge < -0.3 is 9.62 Å². The Morgan fingerprint density at radius 2 is 1.31 bits per heavy atom. The fraction of sp³-hybridized carbons (Fsp3) is 0.433. The molecule has 5 rings (SSSR count). The maximum Gasteiger partial charge on any atom is 0.642 e. The minimum atomic E-state index is -0.00535. The summed E-state index contributed by atoms with van der Waals surface area (Å²) in [6.45, 7) is 21.0. The van der Waals surface area contributed by atoms with Gasteiger partial charge in [0.15, 0.2) is 0 Å². The molecule has 0 radical (unpaired) electrons. The number of fused-ring (bicyclic) bond motifs is 6. The molecule has 2 aliphatic rings. The molecule has 0 bridgehead atoms. The number of aryl methyl sites for hydroxylation is 1. The number of rotatable bonds is 1. The van der Waals surface area contributed by atoms with Crippen LogP contribution in [0.5, 0.6) is 0 Å². The Labute approximate surface area is 212 Å². The van der Waals surface area contributed by atoms with Crippen molar-refractivity contribution >= 4 is 18.5 Å². The van der Waals surface area contributed by atoms with Crippen LogP contribution in [0.1, 0.15) is 79.0 Å². The van der Waals surface area contributed by atoms with E-state index in [0.29, 0.717) is 0 Å². The molecule has 182 valence electrons. The van der Waals surface area contributed by atoms with Gasteiger partial charge in [-0.25, -0.2) is 4.57 Å². The van der Waals surface area contributed by atoms with Crippen LogP contribution in [0.4, 0.5) is 11.4 Å². The molecule has 0 aliphatic carbocycles. The topological polar surface area (TPSA) is 15.3 Å². The average molecular weight is 467 g/mol. The van der Waals surface area contributed by atoms with E-state index < -0.39 is 0 Å². The normalized spacial score (nSPS) is 15.4. The first-order chi connectivity index (χ1) is 16.2. The number of imidazole rings is 1. The number of nitrogens with zero attached hydrogens (tertiary/aromatic N) is 4. The van der Waals surface area contributed by atoms with Crippen LogP contribution in [0.2, 0.25) is 0 Å². The quantitative estimate of drug-likeness (QED) is 0.379. The second-order valence-electron chi connectivity index (χ2n) is 13.3. The molecule has 0 fully saturated rings. The number of benzene rings is 2. The summed E-state index contributed by atoms with van der Waals surface area (Å²) in [5.74, 6) is 1.23. The van der Waals surface area contributed by atoms with Crippen LogP contribution in [0, 0.1) is 0 Å². The third-order valence-electron chi connectivity index (χ3n) is 7.44. The van der Waals surface area contributed by atoms with Crippen molar-refractivity contribution in [1.82, 2.24) is 4.57 Å². The van der Waals surface area contributed by atoms with E-state index in [-0.39, 0.29) is 23.4 Å². The van der Waals surface area contributed by atoms with Gasteiger partial charge in [0.05, 0.1) is 12.6 Å². The molecule has 0 amide bonds. The number of hydrogen-bond donors (Lipinski definition) is 0. The number of para-hydroxylation sites is 1. The standard InChI is InChI=1S/C30H40BN4/c1-28(2,3)21-19-23(29(4,5)6)26(24(20-21)30(7,8)9)34-18-17-33-25-14-12-11-13-22(25)27-32(10)15-16-35(27)31(33)34/h11-20H,1-10H3/q+1. The zero-order valence-electron chi connectivity index (χ0n) is 23.1. The fourth-order valence-corrected chi connectivity index (χ4v) is 5.48. The van der Waals surface area contributed by atoms with Gasteiger partial charge in [0.25, 0.3) is 5.82 Å². The largest absolute Gasteiger partial charge is 0.642 e. The minimum absolute atomic E-state index is 0.00535. The first-order valence-corrected chi connectivity index (χ1v) is 12.8. The van der Waals surface area contributed by atoms with Gasteiger partial charge in [0.1, 0.15) is 12.4 Å². The van der Waals surface area contributed by atoms with E-state index in [1.165, 1.54) is 39.5 Å². The fourth-order valence-electron chi connectivity index (χ4n) is 5.48. The maximum absolute atomic E-state index is 2.51. The molecule has 35 heavy (non-hydrogen) atoms. The summed E-state index contributed by atoms with van der Waals surface area (Å²) in [6.07, 6.45) is 8.93. The van der Waals surface area contributed by atoms with Crippen molar-refractivity contribution < 1.29 is 4.48 Å². The second-order valence-corrected chi connectivity index (χ2v) is 13.3. The monoisotopic (exact) mass is 467 g/mol. The lowest BCUT2D eigenvalue weighted by Gasteiger charge is -2.38. The Morgan fingerprint density at radius 3 is 1.89 bits per heavy atom. The van der Waals surface area contributed by atoms with Crippen LogP contribution in [0.15, 0.2) is 61.2 Å². The first-order valence-electron chi connectivity index (χ1n) is 12.8. The van der Waals surface area contributed by atoms with Crippen molar-refractivity contribution in [3.63, 3.8) is 0 Å². The Bertz CT molecular complexity index is 1290. The van der Waals surface area contributed by atoms with Gasteiger partial charge >= 0.3 is 7.12 Å². The van der Waals surface area contributed by atoms with Crippen LogP contribution in [0.25, 0.3) is 11.4 Å². The molecular weight excluding hydrogens is 427 g/mol. The second kappa shape index (κ2) is 7.53. The number of hydrogen-bond acceptors (Lipinski definition) is 2. The molecule has 2 aliphatic heterocycles. The summed E-state index contributed by atoms with van der Waals surface area (Å²) in [5, 5.41) is 0. The van der Waals surface area contributed by atoms with E-state index in [1.807, 2.05) is 0 Å². The summed E-state index contributed by atoms with van der Waals surface area (Å²) in [6, 6.07) is 13.7. The molecule has 3 heterocycles. The van der Waals surface area contributed by atoms with Gasteiger partial charge in [-0.3, -0.25) is 4.48 Å². The zero-order valence-corrected chi connectivity index (χ0v) is 23.1. The molecule has 2 aromatic carbocycles. The molecule has 5 heteroatoms. The van der Waals surface area contributed by atoms with Crippen LogP contribution < -0.4 is 14.1 Å². The SMILES string of the molecule is Cn1cc[n+]2c1-c1ccccc1N1C=CN(c3c(C(C)(C)C)cc(C(C)(C)C)cc3C(C)(C)C)B12. The average Bonchev–Trinajstić information content (AvgIpc) is 3.35. The van der Waals surface area contributed by atoms with Gasteiger partial charge in [-0.05, 0) is 45.1 Å². The number of aromatic nitrogens is 2. The Balaban J connectivity index is 1.80. The van der Waals surface area contributed by atoms with Crippen molar-refractivity contribution in [1.29, 1.82) is 0 Å². The zero-order chi connectivity index (χ0) is 25.5. The van der Waals surface area contributed by atoms with Gasteiger partial charge in [-0.2, -0.15) is 0 Å². The summed E-state index contributed by atoms with van der Waals surface area (Å²) in [4.78, 5) is 4.92. The van der Waals surface area contributed by atoms with Crippen LogP contribution >= 0.6 is 0 Å². The highest BCUT2D eigenvalue weighted by molar-refractivity contribution is 6.62. The highest BCUT2D eigenvalue weighted by atomic mass is 15.4. The van der Waals surface area contributed by atoms with E-state index >= 15 is 0 Å². The summed E-state index contributed by atoms with van der Waals surface area (Å²) < 4.78 is 4.66. The summed E-state index contributed by atoms with van der Waals surface area (Å²) in [5.41, 5.74) is 8.12. The third-order valence-corrected chi connectivity index (χ3v) is 7.44. The molecule has 0 saturated carbocycles. The van der Waals surface area contributed by atoms with E-state index in [4.69, 9.17) is 0 Å². The molecule has 0 N–H and O–H groups in total. The molecule has 4 nitrogen and oxygen atoms in total. The predicted octanol–water partition coefficient (Wildman–Crippen LogP) is 6.52. The third kappa shape index (κ3) is 3.71. The first kappa shape index (κ1) is 23.8. The van der Waals surface area contributed by atoms with Crippen molar-refractivity contribution in [2.45, 2.75) is 78.6 Å². The molecule has 0 spiro atoms. The highest BCUT2D eigenvalue weighted by Gasteiger charge is 2.51. The van der Waals surface area contributed by atoms with E-state index in [0.717, 1.165) is 0 Å². The van der Waals surface area contributed by atoms with Crippen LogP contribution in [-0.4, -0.2) is 11.7 Å². The lowest BCUT2D eigenvalue weighted by atomic mass is 9.72. The van der Waals surface area contributed by atoms with Crippen LogP contribution in [-0.2, 0) is 23.3 Å². The summed E-state index contributed by atoms with van der Waals surface area (Å²) in [7, 11) is 2.16. The molecule has 0 saturated heterocycles. The smallest absolute Gasteiger partial charge is 0.327 e. The molecule has 0 atom stereocenters. The lowest BCUT2D eigenvalue weighted by molar-refractivity contribution is -0.526. The van der Waals surface area contributed by atoms with Gasteiger partial charge in [0, 0.05) is 23.8 Å². The molecule has 3 aromatic rings. The van der Waals surface area contributed by atoms with Gasteiger partial charge in [-0.1, -0.05) is 86.6 Å². The summed E-state index contributed by atoms with van der Waals surface area (Å²) >= 11 is 0. The Kier molecular flexibility index (Phi) is 5.11. The predicted molar refractivity (Wildman–Crippen MR) is 149 cm³/mol. The maximum atomic E-state index is 2.51. The molecule has 0 unspecified atom stereocenters. The lowest BCUT2D eigenvalue weighted by Crippen LogP contribution is -2.69. The number of anilines is 2. The minimum Gasteiger partial charge on any atom is -0.327 e. The molecule has 1 aromatic heterocycles. The van der Waals surface area contributed by atoms with Gasteiger partial charge in [-0.15, -0.1) is 0 Å². The van der Waals surface area contributed by atoms with Crippen molar-refractivity contribution in [2.75, 3.05) is 9.62 Å². The van der Waals surface area contributed by atoms with Crippen LogP contribution in [0.3, 0.4) is 0 Å². The molecular formula is C30H40BN4+. The van der Waals surface area contributed by atoms with E-state index in [1.54, 1.807) is 0 Å². The Hall–Kier alpha value is -2.95. The van der Waals surface area contributed by atoms with Crippen molar-refractivity contribution in [2.24, 2.45) is 7.05 Å². The van der Waals surface area contributed by atoms with Gasteiger partial charge in [0.2, 0.25) is 0 Å². The van der Waals surface area contributed by atoms with Crippen molar-refractivity contribution in [3.05, 3.63) is 77.9 Å². The highest BCUT2D eigenvalue weighted by Crippen LogP contribution is 2.46.